The zero-order chi connectivity index (χ0) is 18.3. The number of ketones is 2. The quantitative estimate of drug-likeness (QED) is 0.788. The lowest BCUT2D eigenvalue weighted by atomic mass is 9.45. The highest BCUT2D eigenvalue weighted by atomic mass is 16.6. The summed E-state index contributed by atoms with van der Waals surface area (Å²) in [5.74, 6) is 0.502. The molecule has 5 aliphatic rings. The van der Waals surface area contributed by atoms with Crippen molar-refractivity contribution < 1.29 is 24.5 Å². The lowest BCUT2D eigenvalue weighted by Crippen LogP contribution is -2.59. The standard InChI is InChI=1S/C21H28O5/c1-19-7-6-17-20-8-5-13(23)10-12(20)4-9-21(17,26-18(20)25)16(19)3-2-14(19)15(24)11-22/h10,14,16-18,22,25H,2-9,11H2,1H3/t14-,16-,17-,18-,19+,20-,21-/m0/s1. The highest BCUT2D eigenvalue weighted by Gasteiger charge is 2.74. The van der Waals surface area contributed by atoms with Crippen LogP contribution < -0.4 is 0 Å². The van der Waals surface area contributed by atoms with E-state index < -0.39 is 11.7 Å². The Bertz CT molecular complexity index is 713. The molecular formula is C21H28O5. The Morgan fingerprint density at radius 1 is 1.19 bits per heavy atom. The summed E-state index contributed by atoms with van der Waals surface area (Å²) in [7, 11) is 0. The van der Waals surface area contributed by atoms with E-state index in [1.807, 2.05) is 0 Å². The Balaban J connectivity index is 1.59. The number of hydrogen-bond acceptors (Lipinski definition) is 5. The number of carbonyl (C=O) groups excluding carboxylic acids is 2. The number of Topliss-reactive ketones (excluding diaryl/α,β-unsaturated/α-hetero) is 1. The van der Waals surface area contributed by atoms with Gasteiger partial charge in [0.2, 0.25) is 0 Å². The molecule has 0 unspecified atom stereocenters. The van der Waals surface area contributed by atoms with E-state index in [0.717, 1.165) is 44.1 Å². The molecule has 4 fully saturated rings. The van der Waals surface area contributed by atoms with Crippen LogP contribution in [0.2, 0.25) is 0 Å². The molecule has 1 heterocycles. The molecule has 2 bridgehead atoms. The van der Waals surface area contributed by atoms with Gasteiger partial charge >= 0.3 is 0 Å². The van der Waals surface area contributed by atoms with Gasteiger partial charge in [-0.2, -0.15) is 0 Å². The lowest BCUT2D eigenvalue weighted by molar-refractivity contribution is -0.199. The van der Waals surface area contributed by atoms with Gasteiger partial charge in [-0.3, -0.25) is 9.59 Å². The fourth-order valence-corrected chi connectivity index (χ4v) is 7.92. The third-order valence-corrected chi connectivity index (χ3v) is 8.93. The zero-order valence-electron chi connectivity index (χ0n) is 15.4. The van der Waals surface area contributed by atoms with Crippen molar-refractivity contribution in [3.05, 3.63) is 11.6 Å². The third-order valence-electron chi connectivity index (χ3n) is 8.93. The summed E-state index contributed by atoms with van der Waals surface area (Å²) >= 11 is 0. The fraction of sp³-hybridized carbons (Fsp3) is 0.810. The average Bonchev–Trinajstić information content (AvgIpc) is 3.05. The van der Waals surface area contributed by atoms with Gasteiger partial charge in [-0.15, -0.1) is 0 Å². The summed E-state index contributed by atoms with van der Waals surface area (Å²) in [5.41, 5.74) is 0.165. The number of rotatable bonds is 2. The molecule has 0 amide bonds. The van der Waals surface area contributed by atoms with Crippen LogP contribution in [0.15, 0.2) is 11.6 Å². The van der Waals surface area contributed by atoms with Gasteiger partial charge in [-0.05, 0) is 62.4 Å². The van der Waals surface area contributed by atoms with Gasteiger partial charge in [-0.1, -0.05) is 12.5 Å². The van der Waals surface area contributed by atoms with Gasteiger partial charge in [0.15, 0.2) is 17.9 Å². The molecule has 142 valence electrons. The van der Waals surface area contributed by atoms with Crippen LogP contribution in [-0.2, 0) is 14.3 Å². The number of aliphatic hydroxyl groups is 2. The molecule has 5 nitrogen and oxygen atoms in total. The summed E-state index contributed by atoms with van der Waals surface area (Å²) in [6.45, 7) is 1.82. The maximum atomic E-state index is 12.4. The first-order valence-electron chi connectivity index (χ1n) is 10.1. The Morgan fingerprint density at radius 3 is 2.77 bits per heavy atom. The largest absolute Gasteiger partial charge is 0.389 e. The van der Waals surface area contributed by atoms with Crippen molar-refractivity contribution >= 4 is 11.6 Å². The van der Waals surface area contributed by atoms with Crippen LogP contribution in [0.4, 0.5) is 0 Å². The maximum absolute atomic E-state index is 12.4. The van der Waals surface area contributed by atoms with Crippen molar-refractivity contribution in [2.75, 3.05) is 6.61 Å². The molecule has 1 saturated heterocycles. The Hall–Kier alpha value is -1.04. The van der Waals surface area contributed by atoms with Gasteiger partial charge in [-0.25, -0.2) is 0 Å². The molecule has 3 saturated carbocycles. The average molecular weight is 360 g/mol. The van der Waals surface area contributed by atoms with Crippen molar-refractivity contribution in [3.63, 3.8) is 0 Å². The normalized spacial score (nSPS) is 52.1. The molecule has 0 aromatic rings. The molecule has 5 rings (SSSR count). The first kappa shape index (κ1) is 17.1. The Labute approximate surface area is 153 Å². The highest BCUT2D eigenvalue weighted by molar-refractivity contribution is 5.91. The first-order chi connectivity index (χ1) is 12.4. The van der Waals surface area contributed by atoms with Crippen LogP contribution in [0.1, 0.15) is 58.3 Å². The van der Waals surface area contributed by atoms with Crippen molar-refractivity contribution in [3.8, 4) is 0 Å². The fourth-order valence-electron chi connectivity index (χ4n) is 7.92. The van der Waals surface area contributed by atoms with E-state index in [2.05, 4.69) is 6.92 Å². The van der Waals surface area contributed by atoms with Crippen molar-refractivity contribution in [1.29, 1.82) is 0 Å². The van der Waals surface area contributed by atoms with Crippen molar-refractivity contribution in [1.82, 2.24) is 0 Å². The van der Waals surface area contributed by atoms with Crippen LogP contribution >= 0.6 is 0 Å². The van der Waals surface area contributed by atoms with E-state index in [0.29, 0.717) is 12.8 Å². The van der Waals surface area contributed by atoms with Gasteiger partial charge in [0, 0.05) is 23.7 Å². The minimum atomic E-state index is -0.843. The molecule has 0 aromatic carbocycles. The molecule has 2 N–H and O–H groups in total. The predicted octanol–water partition coefficient (Wildman–Crippen LogP) is 2.15. The molecule has 0 radical (unpaired) electrons. The molecule has 26 heavy (non-hydrogen) atoms. The number of aliphatic hydroxyl groups excluding tert-OH is 2. The van der Waals surface area contributed by atoms with E-state index in [4.69, 9.17) is 4.74 Å². The van der Waals surface area contributed by atoms with E-state index in [1.165, 1.54) is 0 Å². The predicted molar refractivity (Wildman–Crippen MR) is 93.0 cm³/mol. The molecule has 0 aromatic heterocycles. The van der Waals surface area contributed by atoms with Crippen LogP contribution in [-0.4, -0.2) is 40.3 Å². The number of ether oxygens (including phenoxy) is 1. The van der Waals surface area contributed by atoms with Gasteiger partial charge in [0.05, 0.1) is 5.60 Å². The van der Waals surface area contributed by atoms with E-state index >= 15 is 0 Å². The second-order valence-corrected chi connectivity index (χ2v) is 9.51. The Morgan fingerprint density at radius 2 is 2.00 bits per heavy atom. The highest BCUT2D eigenvalue weighted by Crippen LogP contribution is 2.73. The van der Waals surface area contributed by atoms with Crippen LogP contribution in [0, 0.1) is 28.6 Å². The topological polar surface area (TPSA) is 83.8 Å². The smallest absolute Gasteiger partial charge is 0.165 e. The monoisotopic (exact) mass is 360 g/mol. The summed E-state index contributed by atoms with van der Waals surface area (Å²) in [4.78, 5) is 24.4. The van der Waals surface area contributed by atoms with Gasteiger partial charge < -0.3 is 14.9 Å². The summed E-state index contributed by atoms with van der Waals surface area (Å²) in [6.07, 6.45) is 7.34. The third kappa shape index (κ3) is 1.78. The summed E-state index contributed by atoms with van der Waals surface area (Å²) in [5, 5.41) is 20.5. The van der Waals surface area contributed by atoms with Gasteiger partial charge in [0.1, 0.15) is 6.61 Å². The molecule has 4 aliphatic carbocycles. The lowest BCUT2D eigenvalue weighted by Gasteiger charge is -2.58. The molecule has 1 aliphatic heterocycles. The SMILES string of the molecule is C[C@]12CC[C@@H]3[C@]4(CCC5=CC(=O)CC[C@]53[C@@H](O)O4)[C@H]1CC[C@H]2C(=O)CO. The minimum absolute atomic E-state index is 0.0437. The molecule has 1 spiro atoms. The summed E-state index contributed by atoms with van der Waals surface area (Å²) in [6, 6.07) is 0. The van der Waals surface area contributed by atoms with Gasteiger partial charge in [0.25, 0.3) is 0 Å². The molecular weight excluding hydrogens is 332 g/mol. The maximum Gasteiger partial charge on any atom is 0.165 e. The summed E-state index contributed by atoms with van der Waals surface area (Å²) < 4.78 is 6.44. The number of hydrogen-bond donors (Lipinski definition) is 2. The van der Waals surface area contributed by atoms with Crippen LogP contribution in [0.5, 0.6) is 0 Å². The molecule has 7 atom stereocenters. The Kier molecular flexibility index (Phi) is 3.46. The van der Waals surface area contributed by atoms with E-state index in [-0.39, 0.29) is 46.9 Å². The molecule has 5 heteroatoms. The number of carbonyl (C=O) groups is 2. The zero-order valence-corrected chi connectivity index (χ0v) is 15.4. The van der Waals surface area contributed by atoms with Crippen molar-refractivity contribution in [2.45, 2.75) is 70.2 Å². The second kappa shape index (κ2) is 5.27. The first-order valence-corrected chi connectivity index (χ1v) is 10.1. The van der Waals surface area contributed by atoms with Crippen LogP contribution in [0.3, 0.4) is 0 Å². The van der Waals surface area contributed by atoms with Crippen LogP contribution in [0.25, 0.3) is 0 Å². The van der Waals surface area contributed by atoms with E-state index in [1.54, 1.807) is 6.08 Å². The van der Waals surface area contributed by atoms with E-state index in [9.17, 15) is 19.8 Å². The second-order valence-electron chi connectivity index (χ2n) is 9.51. The number of fused-ring (bicyclic) bond motifs is 1. The minimum Gasteiger partial charge on any atom is -0.389 e. The van der Waals surface area contributed by atoms with Crippen molar-refractivity contribution in [2.24, 2.45) is 28.6 Å².